The van der Waals surface area contributed by atoms with Gasteiger partial charge in [-0.25, -0.2) is 0 Å². The Morgan fingerprint density at radius 3 is 1.11 bits per heavy atom. The van der Waals surface area contributed by atoms with Gasteiger partial charge < -0.3 is 25.7 Å². The fourth-order valence-corrected chi connectivity index (χ4v) is 9.49. The maximum atomic E-state index is 12.4. The molecule has 0 aliphatic heterocycles. The normalized spacial score (nSPS) is 12.4. The van der Waals surface area contributed by atoms with E-state index in [-0.39, 0.29) is 112 Å². The third kappa shape index (κ3) is 17.9. The van der Waals surface area contributed by atoms with Crippen LogP contribution in [0.3, 0.4) is 0 Å². The molecule has 0 saturated carbocycles. The van der Waals surface area contributed by atoms with Gasteiger partial charge in [0.15, 0.2) is 0 Å². The van der Waals surface area contributed by atoms with Crippen LogP contribution in [0.15, 0.2) is 182 Å². The monoisotopic (exact) mass is 1210 g/mol. The molecule has 0 spiro atoms. The molecule has 0 aliphatic carbocycles. The number of carboxylic acid groups (broad SMARTS) is 2. The second-order valence-corrected chi connectivity index (χ2v) is 23.1. The molecule has 0 saturated heterocycles. The minimum Gasteiger partial charge on any atom is -0.481 e. The molecule has 34 heteroatoms. The molecule has 0 atom stereocenters. The van der Waals surface area contributed by atoms with E-state index in [0.29, 0.717) is 22.5 Å². The van der Waals surface area contributed by atoms with E-state index >= 15 is 0 Å². The molecule has 1 heterocycles. The lowest BCUT2D eigenvalue weighted by molar-refractivity contribution is -0.138. The summed E-state index contributed by atoms with van der Waals surface area (Å²) in [4.78, 5) is 36.2. The maximum Gasteiger partial charge on any atom is 0.303 e. The van der Waals surface area contributed by atoms with Gasteiger partial charge in [-0.2, -0.15) is 79.3 Å². The summed E-state index contributed by atoms with van der Waals surface area (Å²) < 4.78 is 134. The second kappa shape index (κ2) is 26.1. The van der Waals surface area contributed by atoms with Crippen LogP contribution < -0.4 is 15.5 Å². The SMILES string of the molecule is Cc1cc(Nc2nc(Nc3ccc(N=Nc4ccc(N=Nc5ccc(S(=O)(=O)O)cc5)cc4S(=O)(=O)O)c(C)c3)nc(N(CCCC(=O)O)CCCC(=O)O)n2)ccc1N=Nc1ccc(N=Nc2ccc(S(=O)(=O)O)cc2)cc1S(=O)(=O)O. The molecule has 6 aromatic carbocycles. The van der Waals surface area contributed by atoms with Gasteiger partial charge in [-0.1, -0.05) is 0 Å². The van der Waals surface area contributed by atoms with E-state index in [1.54, 1.807) is 43.0 Å². The van der Waals surface area contributed by atoms with Gasteiger partial charge >= 0.3 is 11.9 Å². The van der Waals surface area contributed by atoms with Crippen molar-refractivity contribution in [2.24, 2.45) is 40.9 Å². The van der Waals surface area contributed by atoms with Crippen molar-refractivity contribution in [1.82, 2.24) is 15.0 Å². The van der Waals surface area contributed by atoms with E-state index < -0.39 is 62.2 Å². The number of hydrogen-bond donors (Lipinski definition) is 8. The number of rotatable bonds is 25. The summed E-state index contributed by atoms with van der Waals surface area (Å²) in [5.74, 6) is -2.14. The van der Waals surface area contributed by atoms with Gasteiger partial charge in [0.1, 0.15) is 21.2 Å². The molecule has 0 fully saturated rings. The minimum absolute atomic E-state index is 0.0303. The fourth-order valence-electron chi connectivity index (χ4n) is 7.25. The molecule has 0 unspecified atom stereocenters. The van der Waals surface area contributed by atoms with Crippen LogP contribution >= 0.6 is 0 Å². The Kier molecular flexibility index (Phi) is 19.3. The van der Waals surface area contributed by atoms with Crippen molar-refractivity contribution in [3.63, 3.8) is 0 Å². The number of hydrogen-bond acceptors (Lipinski definition) is 24. The first-order chi connectivity index (χ1) is 39.1. The number of nitrogens with one attached hydrogen (secondary N) is 2. The Balaban J connectivity index is 1.13. The van der Waals surface area contributed by atoms with Crippen LogP contribution in [0.25, 0.3) is 0 Å². The van der Waals surface area contributed by atoms with E-state index in [9.17, 15) is 71.7 Å². The van der Waals surface area contributed by atoms with E-state index in [2.05, 4.69) is 66.5 Å². The highest BCUT2D eigenvalue weighted by atomic mass is 32.2. The maximum absolute atomic E-state index is 12.4. The molecule has 1 aromatic heterocycles. The molecule has 7 aromatic rings. The van der Waals surface area contributed by atoms with E-state index in [1.807, 2.05) is 0 Å². The number of azo groups is 4. The molecule has 432 valence electrons. The number of aliphatic carboxylic acids is 2. The average molecular weight is 1220 g/mol. The van der Waals surface area contributed by atoms with E-state index in [4.69, 9.17) is 0 Å². The molecular formula is C49H46N14O16S4. The summed E-state index contributed by atoms with van der Waals surface area (Å²) in [6, 6.07) is 25.9. The van der Waals surface area contributed by atoms with Gasteiger partial charge in [0.25, 0.3) is 40.5 Å². The standard InChI is InChI=1S/C49H46N14O16S4/c1-29-25-33(11-19-39(29)59-61-41-21-13-35(27-43(41)82(74,75)76)57-55-31-7-15-37(16-8-31)80(68,69)70)50-47-52-48(54-49(53-47)63(23-3-5-45(64)65)24-4-6-46(66)67)51-34-12-20-40(30(2)26-34)60-62-42-22-14-36(28-44(42)83(77,78)79)58-56-32-9-17-38(18-10-32)81(71,72)73/h7-22,25-28H,3-6,23-24H2,1-2H3,(H,64,65)(H,66,67)(H,68,69,70)(H,71,72,73)(H,74,75,76)(H,77,78,79)(H2,50,51,52,53,54). The zero-order valence-electron chi connectivity index (χ0n) is 43.1. The number of benzene rings is 6. The third-order valence-electron chi connectivity index (χ3n) is 11.3. The summed E-state index contributed by atoms with van der Waals surface area (Å²) >= 11 is 0. The number of carbonyl (C=O) groups is 2. The Morgan fingerprint density at radius 2 is 0.771 bits per heavy atom. The number of carboxylic acids is 2. The first-order valence-electron chi connectivity index (χ1n) is 23.8. The Labute approximate surface area is 472 Å². The number of nitrogens with zero attached hydrogens (tertiary/aromatic N) is 12. The van der Waals surface area contributed by atoms with Crippen LogP contribution in [0.2, 0.25) is 0 Å². The molecule has 0 radical (unpaired) electrons. The number of aromatic nitrogens is 3. The van der Waals surface area contributed by atoms with Crippen molar-refractivity contribution in [2.75, 3.05) is 28.6 Å². The second-order valence-electron chi connectivity index (χ2n) is 17.5. The predicted molar refractivity (Wildman–Crippen MR) is 296 cm³/mol. The molecule has 30 nitrogen and oxygen atoms in total. The Hall–Kier alpha value is -9.29. The zero-order valence-corrected chi connectivity index (χ0v) is 46.3. The van der Waals surface area contributed by atoms with Gasteiger partial charge in [-0.15, -0.1) is 10.2 Å². The fraction of sp³-hybridized carbons (Fsp3) is 0.163. The highest BCUT2D eigenvalue weighted by Gasteiger charge is 2.21. The predicted octanol–water partition coefficient (Wildman–Crippen LogP) is 11.2. The first kappa shape index (κ1) is 61.3. The molecule has 8 N–H and O–H groups in total. The van der Waals surface area contributed by atoms with Crippen LogP contribution in [0.1, 0.15) is 36.8 Å². The zero-order chi connectivity index (χ0) is 60.3. The summed E-state index contributed by atoms with van der Waals surface area (Å²) in [7, 11) is -18.7. The van der Waals surface area contributed by atoms with Gasteiger partial charge in [-0.3, -0.25) is 27.8 Å². The van der Waals surface area contributed by atoms with Crippen molar-refractivity contribution in [2.45, 2.75) is 59.1 Å². The van der Waals surface area contributed by atoms with Crippen LogP contribution in [0, 0.1) is 13.8 Å². The van der Waals surface area contributed by atoms with Gasteiger partial charge in [0.05, 0.1) is 43.9 Å². The molecule has 0 bridgehead atoms. The van der Waals surface area contributed by atoms with E-state index in [1.165, 1.54) is 60.7 Å². The molecule has 0 amide bonds. The van der Waals surface area contributed by atoms with Crippen LogP contribution in [-0.2, 0) is 50.1 Å². The van der Waals surface area contributed by atoms with Crippen molar-refractivity contribution >= 4 is 127 Å². The summed E-state index contributed by atoms with van der Waals surface area (Å²) in [5.41, 5.74) is 2.06. The Bertz CT molecular complexity index is 3950. The number of anilines is 5. The third-order valence-corrected chi connectivity index (χ3v) is 14.8. The van der Waals surface area contributed by atoms with Gasteiger partial charge in [0.2, 0.25) is 17.8 Å². The van der Waals surface area contributed by atoms with Crippen LogP contribution in [0.5, 0.6) is 0 Å². The van der Waals surface area contributed by atoms with Crippen LogP contribution in [0.4, 0.5) is 74.7 Å². The Morgan fingerprint density at radius 1 is 0.434 bits per heavy atom. The molecule has 0 aliphatic rings. The lowest BCUT2D eigenvalue weighted by Crippen LogP contribution is -2.29. The highest BCUT2D eigenvalue weighted by molar-refractivity contribution is 7.86. The quantitative estimate of drug-likeness (QED) is 0.0195. The average Bonchev–Trinajstić information content (AvgIpc) is 3.62. The minimum atomic E-state index is -4.89. The first-order valence-corrected chi connectivity index (χ1v) is 29.6. The van der Waals surface area contributed by atoms with Gasteiger partial charge in [-0.05, 0) is 159 Å². The summed E-state index contributed by atoms with van der Waals surface area (Å²) in [6.07, 6.45) is -0.143. The van der Waals surface area contributed by atoms with Crippen molar-refractivity contribution in [1.29, 1.82) is 0 Å². The lowest BCUT2D eigenvalue weighted by atomic mass is 10.2. The topological polar surface area (TPSA) is 457 Å². The van der Waals surface area contributed by atoms with Crippen molar-refractivity contribution in [3.05, 3.63) is 132 Å². The smallest absolute Gasteiger partial charge is 0.303 e. The number of aryl methyl sites for hydroxylation is 2. The lowest BCUT2D eigenvalue weighted by Gasteiger charge is -2.23. The van der Waals surface area contributed by atoms with Crippen molar-refractivity contribution in [3.8, 4) is 0 Å². The molecule has 7 rings (SSSR count). The summed E-state index contributed by atoms with van der Waals surface area (Å²) in [6.45, 7) is 3.55. The van der Waals surface area contributed by atoms with E-state index in [0.717, 1.165) is 36.4 Å². The highest BCUT2D eigenvalue weighted by Crippen LogP contribution is 2.35. The largest absolute Gasteiger partial charge is 0.481 e. The molecular weight excluding hydrogens is 1170 g/mol. The van der Waals surface area contributed by atoms with Crippen LogP contribution in [-0.4, -0.2) is 102 Å². The van der Waals surface area contributed by atoms with Crippen molar-refractivity contribution < 1.29 is 71.7 Å². The summed E-state index contributed by atoms with van der Waals surface area (Å²) in [5, 5.41) is 57.2. The molecule has 83 heavy (non-hydrogen) atoms. The van der Waals surface area contributed by atoms with Gasteiger partial charge in [0, 0.05) is 37.3 Å².